The number of rotatable bonds is 0. The largest absolute Gasteiger partial charge is 0.528 e. The normalized spacial score (nSPS) is 7.30. The standard InChI is InChI=1S/C6H6.C3H2O7.C2H6O.H3N/c1-2-4-6-5-3-1;4-1(5)9-3(8)10-2(6)7;1-2-3;/h1-6H;(H,4,5)(H,6,7);3H,2H2,1H3;1H3. The van der Waals surface area contributed by atoms with Gasteiger partial charge in [-0.05, 0) is 6.92 Å². The summed E-state index contributed by atoms with van der Waals surface area (Å²) in [7, 11) is 0. The number of hydrogen-bond acceptors (Lipinski definition) is 7. The van der Waals surface area contributed by atoms with Gasteiger partial charge >= 0.3 is 18.5 Å². The van der Waals surface area contributed by atoms with Crippen LogP contribution in [0.4, 0.5) is 14.4 Å². The van der Waals surface area contributed by atoms with Gasteiger partial charge in [-0.2, -0.15) is 0 Å². The molecule has 0 amide bonds. The molecule has 0 fully saturated rings. The van der Waals surface area contributed by atoms with Gasteiger partial charge in [0.05, 0.1) is 0 Å². The van der Waals surface area contributed by atoms with Crippen molar-refractivity contribution in [2.24, 2.45) is 0 Å². The van der Waals surface area contributed by atoms with Gasteiger partial charge in [-0.25, -0.2) is 14.4 Å². The highest BCUT2D eigenvalue weighted by atomic mass is 16.8. The average Bonchev–Trinajstić information content (AvgIpc) is 2.30. The molecule has 0 unspecified atom stereocenters. The second kappa shape index (κ2) is 16.4. The molecule has 0 saturated heterocycles. The van der Waals surface area contributed by atoms with E-state index in [-0.39, 0.29) is 12.8 Å². The molecule has 0 aliphatic rings. The van der Waals surface area contributed by atoms with Gasteiger partial charge in [-0.1, -0.05) is 36.4 Å². The van der Waals surface area contributed by atoms with E-state index in [0.29, 0.717) is 0 Å². The van der Waals surface area contributed by atoms with Crippen molar-refractivity contribution in [3.05, 3.63) is 36.4 Å². The second-order valence-electron chi connectivity index (χ2n) is 2.46. The van der Waals surface area contributed by atoms with Crippen LogP contribution < -0.4 is 6.15 Å². The predicted octanol–water partition coefficient (Wildman–Crippen LogP) is 2.34. The fraction of sp³-hybridized carbons (Fsp3) is 0.182. The average molecular weight is 291 g/mol. The van der Waals surface area contributed by atoms with E-state index >= 15 is 0 Å². The molecule has 0 aromatic heterocycles. The van der Waals surface area contributed by atoms with E-state index in [1.165, 1.54) is 0 Å². The van der Waals surface area contributed by atoms with Crippen LogP contribution in [0, 0.1) is 0 Å². The minimum Gasteiger partial charge on any atom is -0.449 e. The lowest BCUT2D eigenvalue weighted by molar-refractivity contribution is 0.0548. The van der Waals surface area contributed by atoms with Crippen molar-refractivity contribution in [3.63, 3.8) is 0 Å². The van der Waals surface area contributed by atoms with Gasteiger partial charge in [0.1, 0.15) is 0 Å². The first-order valence-electron chi connectivity index (χ1n) is 4.90. The lowest BCUT2D eigenvalue weighted by atomic mass is 10.4. The molecule has 1 aromatic rings. The first kappa shape index (κ1) is 22.5. The van der Waals surface area contributed by atoms with Gasteiger partial charge in [0, 0.05) is 6.61 Å². The summed E-state index contributed by atoms with van der Waals surface area (Å²) in [5, 5.41) is 22.9. The molecule has 0 spiro atoms. The summed E-state index contributed by atoms with van der Waals surface area (Å²) in [6, 6.07) is 12.0. The number of ether oxygens (including phenoxy) is 2. The molecule has 0 aliphatic heterocycles. The van der Waals surface area contributed by atoms with Gasteiger partial charge in [0.15, 0.2) is 0 Å². The smallest absolute Gasteiger partial charge is 0.449 e. The van der Waals surface area contributed by atoms with E-state index in [9.17, 15) is 14.4 Å². The first-order chi connectivity index (χ1) is 8.93. The number of benzene rings is 1. The molecule has 0 saturated carbocycles. The van der Waals surface area contributed by atoms with Crippen molar-refractivity contribution >= 4 is 18.5 Å². The Morgan fingerprint density at radius 3 is 1.20 bits per heavy atom. The van der Waals surface area contributed by atoms with Gasteiger partial charge in [0.2, 0.25) is 0 Å². The Labute approximate surface area is 114 Å². The Balaban J connectivity index is -0.000000246. The number of carboxylic acid groups (broad SMARTS) is 2. The van der Waals surface area contributed by atoms with Gasteiger partial charge in [-0.15, -0.1) is 0 Å². The zero-order valence-corrected chi connectivity index (χ0v) is 10.8. The fourth-order valence-electron chi connectivity index (χ4n) is 0.548. The molecule has 0 bridgehead atoms. The third-order valence-electron chi connectivity index (χ3n) is 1.01. The van der Waals surface area contributed by atoms with E-state index in [2.05, 4.69) is 9.47 Å². The maximum atomic E-state index is 9.86. The van der Waals surface area contributed by atoms with Crippen molar-refractivity contribution in [3.8, 4) is 0 Å². The van der Waals surface area contributed by atoms with E-state index in [1.54, 1.807) is 6.92 Å². The predicted molar refractivity (Wildman–Crippen MR) is 67.8 cm³/mol. The SMILES string of the molecule is CCO.N.O=C(O)OC(=O)OC(=O)O.c1ccccc1. The highest BCUT2D eigenvalue weighted by Crippen LogP contribution is 1.85. The molecule has 0 atom stereocenters. The van der Waals surface area contributed by atoms with E-state index in [4.69, 9.17) is 15.3 Å². The Hall–Kier alpha value is -2.65. The summed E-state index contributed by atoms with van der Waals surface area (Å²) in [5.41, 5.74) is 0. The van der Waals surface area contributed by atoms with Crippen LogP contribution in [0.1, 0.15) is 6.92 Å². The van der Waals surface area contributed by atoms with Crippen molar-refractivity contribution < 1.29 is 39.2 Å². The van der Waals surface area contributed by atoms with Crippen LogP contribution in [-0.2, 0) is 9.47 Å². The zero-order valence-electron chi connectivity index (χ0n) is 10.8. The fourth-order valence-corrected chi connectivity index (χ4v) is 0.548. The number of hydrogen-bond donors (Lipinski definition) is 4. The maximum Gasteiger partial charge on any atom is 0.528 e. The Morgan fingerprint density at radius 1 is 0.850 bits per heavy atom. The van der Waals surface area contributed by atoms with Crippen molar-refractivity contribution in [2.75, 3.05) is 6.61 Å². The third kappa shape index (κ3) is 24.5. The van der Waals surface area contributed by atoms with Gasteiger partial charge in [0.25, 0.3) is 0 Å². The molecule has 114 valence electrons. The van der Waals surface area contributed by atoms with Gasteiger partial charge in [-0.3, -0.25) is 0 Å². The Bertz CT molecular complexity index is 323. The number of carbonyl (C=O) groups is 3. The molecule has 9 nitrogen and oxygen atoms in total. The quantitative estimate of drug-likeness (QED) is 0.414. The first-order valence-corrected chi connectivity index (χ1v) is 4.90. The summed E-state index contributed by atoms with van der Waals surface area (Å²) in [6.07, 6.45) is -5.64. The second-order valence-corrected chi connectivity index (χ2v) is 2.46. The lowest BCUT2D eigenvalue weighted by Crippen LogP contribution is -2.14. The molecular weight excluding hydrogens is 274 g/mol. The minimum atomic E-state index is -1.92. The van der Waals surface area contributed by atoms with Crippen molar-refractivity contribution in [1.82, 2.24) is 6.15 Å². The van der Waals surface area contributed by atoms with Crippen LogP contribution in [0.2, 0.25) is 0 Å². The molecule has 1 rings (SSSR count). The number of carbonyl (C=O) groups excluding carboxylic acids is 1. The molecule has 20 heavy (non-hydrogen) atoms. The topological polar surface area (TPSA) is 165 Å². The summed E-state index contributed by atoms with van der Waals surface area (Å²) in [6.45, 7) is 1.93. The van der Waals surface area contributed by atoms with Crippen LogP contribution >= 0.6 is 0 Å². The summed E-state index contributed by atoms with van der Waals surface area (Å²) in [4.78, 5) is 28.8. The molecule has 0 aliphatic carbocycles. The maximum absolute atomic E-state index is 9.86. The zero-order chi connectivity index (χ0) is 15.1. The lowest BCUT2D eigenvalue weighted by Gasteiger charge is -1.93. The van der Waals surface area contributed by atoms with Crippen LogP contribution in [0.25, 0.3) is 0 Å². The number of aliphatic hydroxyl groups excluding tert-OH is 1. The summed E-state index contributed by atoms with van der Waals surface area (Å²) >= 11 is 0. The van der Waals surface area contributed by atoms with Crippen LogP contribution in [0.15, 0.2) is 36.4 Å². The van der Waals surface area contributed by atoms with Gasteiger partial charge < -0.3 is 30.9 Å². The third-order valence-corrected chi connectivity index (χ3v) is 1.01. The van der Waals surface area contributed by atoms with Crippen LogP contribution in [0.3, 0.4) is 0 Å². The molecule has 6 N–H and O–H groups in total. The Kier molecular flexibility index (Phi) is 18.4. The number of aliphatic hydroxyl groups is 1. The minimum absolute atomic E-state index is 0. The molecule has 0 radical (unpaired) electrons. The van der Waals surface area contributed by atoms with E-state index in [1.807, 2.05) is 36.4 Å². The van der Waals surface area contributed by atoms with Crippen LogP contribution in [0.5, 0.6) is 0 Å². The van der Waals surface area contributed by atoms with E-state index < -0.39 is 18.5 Å². The summed E-state index contributed by atoms with van der Waals surface area (Å²) in [5.74, 6) is 0. The molecule has 9 heteroatoms. The van der Waals surface area contributed by atoms with Crippen molar-refractivity contribution in [1.29, 1.82) is 0 Å². The highest BCUT2D eigenvalue weighted by Gasteiger charge is 2.13. The van der Waals surface area contributed by atoms with Crippen LogP contribution in [-0.4, -0.2) is 40.4 Å². The Morgan fingerprint density at radius 2 is 1.05 bits per heavy atom. The van der Waals surface area contributed by atoms with E-state index in [0.717, 1.165) is 0 Å². The monoisotopic (exact) mass is 291 g/mol. The highest BCUT2D eigenvalue weighted by molar-refractivity contribution is 5.82. The molecular formula is C11H17NO8. The summed E-state index contributed by atoms with van der Waals surface area (Å²) < 4.78 is 6.47. The molecule has 0 heterocycles. The van der Waals surface area contributed by atoms with Crippen molar-refractivity contribution in [2.45, 2.75) is 6.92 Å². The molecule has 1 aromatic carbocycles.